The lowest BCUT2D eigenvalue weighted by atomic mass is 9.88. The number of aromatic nitrogens is 2. The van der Waals surface area contributed by atoms with Crippen LogP contribution in [0.3, 0.4) is 0 Å². The summed E-state index contributed by atoms with van der Waals surface area (Å²) in [4.78, 5) is 18.7. The van der Waals surface area contributed by atoms with E-state index in [2.05, 4.69) is 140 Å². The van der Waals surface area contributed by atoms with Crippen LogP contribution in [0.1, 0.15) is 53.5 Å². The maximum Gasteiger partial charge on any atom is 0.526 e. The first-order chi connectivity index (χ1) is 30.1. The quantitative estimate of drug-likeness (QED) is 0.146. The predicted octanol–water partition coefficient (Wildman–Crippen LogP) is 8.49. The van der Waals surface area contributed by atoms with E-state index in [1.165, 1.54) is 107 Å². The van der Waals surface area contributed by atoms with Gasteiger partial charge in [0, 0.05) is 76.2 Å². The molecule has 0 bridgehead atoms. The highest BCUT2D eigenvalue weighted by atomic mass is 79.9. The average Bonchev–Trinajstić information content (AvgIpc) is 3.93. The van der Waals surface area contributed by atoms with Crippen LogP contribution in [-0.4, -0.2) is 113 Å². The highest BCUT2D eigenvalue weighted by molar-refractivity contribution is 9.10. The van der Waals surface area contributed by atoms with E-state index in [0.717, 1.165) is 41.5 Å². The van der Waals surface area contributed by atoms with Crippen LogP contribution in [-0.2, 0) is 19.5 Å². The molecule has 2 N–H and O–H groups in total. The predicted molar refractivity (Wildman–Crippen MR) is 259 cm³/mol. The lowest BCUT2D eigenvalue weighted by molar-refractivity contribution is 0.140. The minimum absolute atomic E-state index is 0.177. The maximum atomic E-state index is 8.79. The van der Waals surface area contributed by atoms with E-state index in [1.54, 1.807) is 12.1 Å². The Balaban J connectivity index is 0.000000140. The molecule has 0 radical (unpaired) electrons. The van der Waals surface area contributed by atoms with Crippen molar-refractivity contribution in [3.63, 3.8) is 0 Å². The third-order valence-electron chi connectivity index (χ3n) is 12.8. The number of likely N-dealkylation sites (tertiary alicyclic amines) is 2. The van der Waals surface area contributed by atoms with E-state index < -0.39 is 7.12 Å². The van der Waals surface area contributed by atoms with Crippen molar-refractivity contribution in [2.75, 3.05) is 54.4 Å². The zero-order valence-corrected chi connectivity index (χ0v) is 38.0. The van der Waals surface area contributed by atoms with E-state index in [4.69, 9.17) is 14.5 Å². The fourth-order valence-corrected chi connectivity index (χ4v) is 9.59. The Morgan fingerprint density at radius 1 is 0.661 bits per heavy atom. The average molecular weight is 894 g/mol. The third kappa shape index (κ3) is 10.7. The molecule has 4 aromatic carbocycles. The van der Waals surface area contributed by atoms with Crippen molar-refractivity contribution in [3.05, 3.63) is 148 Å². The first kappa shape index (κ1) is 43.9. The lowest BCUT2D eigenvalue weighted by Gasteiger charge is -2.35. The molecule has 2 saturated heterocycles. The van der Waals surface area contributed by atoms with Gasteiger partial charge in [-0.05, 0) is 165 Å². The summed E-state index contributed by atoms with van der Waals surface area (Å²) >= 11 is 3.60. The fraction of sp³-hybridized carbons (Fsp3) is 0.333. The second-order valence-corrected chi connectivity index (χ2v) is 18.3. The van der Waals surface area contributed by atoms with Gasteiger partial charge in [0.1, 0.15) is 11.2 Å². The van der Waals surface area contributed by atoms with Crippen LogP contribution in [0, 0.1) is 0 Å². The number of allylic oxidation sites excluding steroid dienone is 1. The van der Waals surface area contributed by atoms with E-state index >= 15 is 0 Å². The van der Waals surface area contributed by atoms with E-state index in [9.17, 15) is 0 Å². The molecule has 0 atom stereocenters. The molecule has 320 valence electrons. The summed E-state index contributed by atoms with van der Waals surface area (Å²) in [5.74, 6) is 0. The number of benzene rings is 4. The molecule has 11 heteroatoms. The summed E-state index contributed by atoms with van der Waals surface area (Å²) in [6.45, 7) is 6.84. The Labute approximate surface area is 375 Å². The molecule has 3 aliphatic rings. The van der Waals surface area contributed by atoms with E-state index in [-0.39, 0.29) is 5.66 Å². The molecule has 2 fully saturated rings. The van der Waals surface area contributed by atoms with Gasteiger partial charge in [-0.25, -0.2) is 0 Å². The zero-order chi connectivity index (χ0) is 43.2. The number of halogens is 1. The zero-order valence-electron chi connectivity index (χ0n) is 36.4. The summed E-state index contributed by atoms with van der Waals surface area (Å²) in [7, 11) is 7.26. The van der Waals surface area contributed by atoms with Crippen molar-refractivity contribution < 1.29 is 14.5 Å². The van der Waals surface area contributed by atoms with Gasteiger partial charge < -0.3 is 24.3 Å². The van der Waals surface area contributed by atoms with Gasteiger partial charge in [0.2, 0.25) is 0 Å². The number of piperidine rings is 2. The van der Waals surface area contributed by atoms with Gasteiger partial charge in [-0.1, -0.05) is 72.8 Å². The summed E-state index contributed by atoms with van der Waals surface area (Å²) in [6, 6.07) is 32.7. The van der Waals surface area contributed by atoms with Crippen LogP contribution < -0.4 is 5.66 Å². The number of nitrogens with zero attached hydrogens (tertiary/aromatic N) is 6. The molecule has 0 spiro atoms. The Kier molecular flexibility index (Phi) is 14.3. The maximum absolute atomic E-state index is 8.79. The van der Waals surface area contributed by atoms with Gasteiger partial charge in [0.25, 0.3) is 0 Å². The number of fused-ring (bicyclic) bond motifs is 4. The van der Waals surface area contributed by atoms with E-state index in [0.29, 0.717) is 5.58 Å². The van der Waals surface area contributed by atoms with Crippen molar-refractivity contribution in [2.24, 2.45) is 0 Å². The molecule has 1 aliphatic carbocycles. The molecule has 0 saturated carbocycles. The highest BCUT2D eigenvalue weighted by Crippen LogP contribution is 2.35. The molecule has 2 aliphatic heterocycles. The first-order valence-corrected chi connectivity index (χ1v) is 22.7. The Bertz CT molecular complexity index is 2600. The molecule has 10 rings (SSSR count). The smallest absolute Gasteiger partial charge is 0.465 e. The number of hydrogen-bond donors (Lipinski definition) is 2. The number of rotatable bonds is 8. The standard InChI is InChI=1S/C26H29N3.C17H22BrN3.C8H7BO3/c1-28(2)24-9-11-29(12-10-24)18-19-7-8-22-16-27-17-26(25(22)13-19)23-14-20-5-3-4-6-21(20)15-23;1-20(2)15-5-7-21(8-6-15)12-13-3-4-14-10-19-11-17(18)16(14)9-13;10-9(11)8-5-6-3-1-2-4-7(6)12-8/h3-8,13-14,16-17,24H,9-12,15,18H2,1-2H3;3-4,9-11,15H,5-8,12H2,1-2H3;1-5,10-11H. The molecule has 0 unspecified atom stereocenters. The summed E-state index contributed by atoms with van der Waals surface area (Å²) in [5.41, 5.74) is 9.07. The second kappa shape index (κ2) is 20.2. The van der Waals surface area contributed by atoms with Crippen LogP contribution in [0.2, 0.25) is 0 Å². The lowest BCUT2D eigenvalue weighted by Crippen LogP contribution is -2.41. The van der Waals surface area contributed by atoms with Crippen molar-refractivity contribution in [2.45, 2.75) is 57.3 Å². The Morgan fingerprint density at radius 2 is 1.23 bits per heavy atom. The van der Waals surface area contributed by atoms with Gasteiger partial charge in [0.05, 0.1) is 0 Å². The number of para-hydroxylation sites is 1. The van der Waals surface area contributed by atoms with E-state index in [1.807, 2.05) is 43.0 Å². The molecule has 3 aromatic heterocycles. The topological polar surface area (TPSA) is 92.3 Å². The minimum Gasteiger partial charge on any atom is -0.465 e. The van der Waals surface area contributed by atoms with Crippen molar-refractivity contribution in [1.29, 1.82) is 0 Å². The van der Waals surface area contributed by atoms with Crippen LogP contribution in [0.4, 0.5) is 0 Å². The fourth-order valence-electron chi connectivity index (χ4n) is 9.13. The largest absolute Gasteiger partial charge is 0.526 e. The van der Waals surface area contributed by atoms with Gasteiger partial charge >= 0.3 is 7.12 Å². The summed E-state index contributed by atoms with van der Waals surface area (Å²) in [5, 5.41) is 23.5. The minimum atomic E-state index is -1.53. The number of furan rings is 1. The summed E-state index contributed by atoms with van der Waals surface area (Å²) in [6.07, 6.45) is 16.2. The van der Waals surface area contributed by atoms with Crippen LogP contribution in [0.5, 0.6) is 0 Å². The molecule has 62 heavy (non-hydrogen) atoms. The first-order valence-electron chi connectivity index (χ1n) is 21.9. The number of pyridine rings is 2. The molecule has 0 amide bonds. The van der Waals surface area contributed by atoms with Gasteiger partial charge in [-0.2, -0.15) is 0 Å². The van der Waals surface area contributed by atoms with Gasteiger partial charge in [-0.3, -0.25) is 19.8 Å². The Hall–Kier alpha value is -4.72. The third-order valence-corrected chi connectivity index (χ3v) is 13.4. The number of hydrogen-bond acceptors (Lipinski definition) is 9. The van der Waals surface area contributed by atoms with Crippen molar-refractivity contribution >= 4 is 72.9 Å². The molecule has 9 nitrogen and oxygen atoms in total. The molecular weight excluding hydrogens is 835 g/mol. The normalized spacial score (nSPS) is 16.3. The molecule has 5 heterocycles. The highest BCUT2D eigenvalue weighted by Gasteiger charge is 2.23. The second-order valence-electron chi connectivity index (χ2n) is 17.5. The molecule has 7 aromatic rings. The van der Waals surface area contributed by atoms with Crippen molar-refractivity contribution in [1.82, 2.24) is 29.6 Å². The van der Waals surface area contributed by atoms with Crippen LogP contribution in [0.15, 0.2) is 125 Å². The van der Waals surface area contributed by atoms with Crippen LogP contribution in [0.25, 0.3) is 44.2 Å². The monoisotopic (exact) mass is 892 g/mol. The van der Waals surface area contributed by atoms with Gasteiger partial charge in [0.15, 0.2) is 0 Å². The SMILES string of the molecule is CN(C)C1CCN(Cc2ccc3cncc(Br)c3c2)CC1.CN(C)C1CCN(Cc2ccc3cncc(C4=Cc5ccccc5C4)c3c2)CC1.OB(O)c1cc2ccccc2o1. The van der Waals surface area contributed by atoms with Crippen LogP contribution >= 0.6 is 15.9 Å². The summed E-state index contributed by atoms with van der Waals surface area (Å²) < 4.78 is 6.21. The van der Waals surface area contributed by atoms with Crippen molar-refractivity contribution in [3.8, 4) is 0 Å². The Morgan fingerprint density at radius 3 is 1.82 bits per heavy atom. The van der Waals surface area contributed by atoms with Gasteiger partial charge in [-0.15, -0.1) is 0 Å². The molecular formula is C51H58BBrN6O3.